The molecule has 0 unspecified atom stereocenters. The van der Waals surface area contributed by atoms with Gasteiger partial charge in [0.2, 0.25) is 0 Å². The average Bonchev–Trinajstić information content (AvgIpc) is 3.61. The molecule has 0 N–H and O–H groups in total. The second kappa shape index (κ2) is 14.0. The molecule has 5 heteroatoms. The molecule has 55 heavy (non-hydrogen) atoms. The van der Waals surface area contributed by atoms with Crippen molar-refractivity contribution in [2.45, 2.75) is 6.42 Å². The van der Waals surface area contributed by atoms with Gasteiger partial charge in [0.05, 0.1) is 11.0 Å². The first kappa shape index (κ1) is 32.4. The number of hydrogen-bond acceptors (Lipinski definition) is 4. The fourth-order valence-corrected chi connectivity index (χ4v) is 7.64. The van der Waals surface area contributed by atoms with E-state index in [-0.39, 0.29) is 0 Å². The summed E-state index contributed by atoms with van der Waals surface area (Å²) in [6.45, 7) is 0.846. The summed E-state index contributed by atoms with van der Waals surface area (Å²) in [5.74, 6) is 1.89. The molecular formula is C50H35N5. The minimum atomic E-state index is 0.627. The molecule has 0 bridgehead atoms. The van der Waals surface area contributed by atoms with Gasteiger partial charge in [-0.1, -0.05) is 152 Å². The van der Waals surface area contributed by atoms with E-state index in [0.717, 1.165) is 68.7 Å². The van der Waals surface area contributed by atoms with Crippen molar-refractivity contribution < 1.29 is 0 Å². The van der Waals surface area contributed by atoms with Crippen LogP contribution in [0.5, 0.6) is 0 Å². The van der Waals surface area contributed by atoms with Crippen LogP contribution >= 0.6 is 0 Å². The maximum Gasteiger partial charge on any atom is 0.164 e. The molecule has 1 aliphatic heterocycles. The molecule has 0 atom stereocenters. The molecule has 7 aromatic carbocycles. The van der Waals surface area contributed by atoms with Gasteiger partial charge in [-0.25, -0.2) is 15.0 Å². The Balaban J connectivity index is 1.06. The van der Waals surface area contributed by atoms with E-state index in [0.29, 0.717) is 17.5 Å². The quantitative estimate of drug-likeness (QED) is 0.166. The third kappa shape index (κ3) is 6.12. The summed E-state index contributed by atoms with van der Waals surface area (Å²) in [4.78, 5) is 19.8. The van der Waals surface area contributed by atoms with Crippen LogP contribution in [0.3, 0.4) is 0 Å². The number of aromatic nitrogens is 4. The molecule has 0 fully saturated rings. The van der Waals surface area contributed by atoms with Crippen LogP contribution in [-0.4, -0.2) is 32.3 Å². The number of para-hydroxylation sites is 2. The molecule has 0 radical (unpaired) electrons. The van der Waals surface area contributed by atoms with Gasteiger partial charge in [0.15, 0.2) is 17.5 Å². The maximum absolute atomic E-state index is 5.13. The van der Waals surface area contributed by atoms with Crippen molar-refractivity contribution in [1.82, 2.24) is 19.5 Å². The number of aliphatic imine (C=N–C) groups is 1. The van der Waals surface area contributed by atoms with Crippen LogP contribution in [-0.2, 0) is 0 Å². The molecule has 3 heterocycles. The zero-order valence-corrected chi connectivity index (χ0v) is 30.0. The molecule has 5 nitrogen and oxygen atoms in total. The number of rotatable bonds is 7. The first-order valence-electron chi connectivity index (χ1n) is 18.7. The van der Waals surface area contributed by atoms with Gasteiger partial charge in [-0.2, -0.15) is 0 Å². The van der Waals surface area contributed by atoms with Crippen molar-refractivity contribution in [2.75, 3.05) is 6.54 Å². The van der Waals surface area contributed by atoms with E-state index in [1.807, 2.05) is 18.3 Å². The summed E-state index contributed by atoms with van der Waals surface area (Å²) < 4.78 is 2.35. The van der Waals surface area contributed by atoms with E-state index in [1.165, 1.54) is 21.8 Å². The SMILES string of the molecule is C1=NCCC=C1c1ccc(-c2nc(-c3ccc(-c4ccc5c(c4)c4ccccc4n5-c4ccccc4)cc3)nc(-c3ccccc3-c3ccccc3)n2)cc1. The van der Waals surface area contributed by atoms with Gasteiger partial charge in [0.1, 0.15) is 0 Å². The van der Waals surface area contributed by atoms with Gasteiger partial charge in [-0.3, -0.25) is 4.99 Å². The Hall–Kier alpha value is -7.24. The summed E-state index contributed by atoms with van der Waals surface area (Å²) in [5.41, 5.74) is 13.1. The Morgan fingerprint density at radius 1 is 0.400 bits per heavy atom. The minimum Gasteiger partial charge on any atom is -0.309 e. The van der Waals surface area contributed by atoms with E-state index in [1.54, 1.807) is 0 Å². The minimum absolute atomic E-state index is 0.627. The number of hydrogen-bond donors (Lipinski definition) is 0. The van der Waals surface area contributed by atoms with Gasteiger partial charge < -0.3 is 4.57 Å². The highest BCUT2D eigenvalue weighted by Gasteiger charge is 2.17. The maximum atomic E-state index is 5.13. The predicted molar refractivity (Wildman–Crippen MR) is 227 cm³/mol. The van der Waals surface area contributed by atoms with E-state index in [2.05, 4.69) is 179 Å². The summed E-state index contributed by atoms with van der Waals surface area (Å²) in [5, 5.41) is 2.46. The molecule has 9 aromatic rings. The number of benzene rings is 7. The molecule has 0 saturated carbocycles. The van der Waals surface area contributed by atoms with Crippen LogP contribution in [0.25, 0.3) is 89.5 Å². The Kier molecular flexibility index (Phi) is 8.23. The number of nitrogens with zero attached hydrogens (tertiary/aromatic N) is 5. The van der Waals surface area contributed by atoms with E-state index < -0.39 is 0 Å². The van der Waals surface area contributed by atoms with Crippen molar-refractivity contribution >= 4 is 33.6 Å². The van der Waals surface area contributed by atoms with Crippen LogP contribution in [0.4, 0.5) is 0 Å². The molecule has 260 valence electrons. The predicted octanol–water partition coefficient (Wildman–Crippen LogP) is 12.2. The van der Waals surface area contributed by atoms with Crippen LogP contribution in [0, 0.1) is 0 Å². The molecule has 0 saturated heterocycles. The first-order valence-corrected chi connectivity index (χ1v) is 18.7. The molecular weight excluding hydrogens is 671 g/mol. The fourth-order valence-electron chi connectivity index (χ4n) is 7.64. The van der Waals surface area contributed by atoms with Crippen LogP contribution in [0.15, 0.2) is 187 Å². The normalized spacial score (nSPS) is 12.6. The Morgan fingerprint density at radius 3 is 1.67 bits per heavy atom. The lowest BCUT2D eigenvalue weighted by atomic mass is 9.99. The lowest BCUT2D eigenvalue weighted by Crippen LogP contribution is -2.01. The van der Waals surface area contributed by atoms with Crippen molar-refractivity contribution in [2.24, 2.45) is 4.99 Å². The smallest absolute Gasteiger partial charge is 0.164 e. The van der Waals surface area contributed by atoms with Crippen LogP contribution in [0.1, 0.15) is 12.0 Å². The van der Waals surface area contributed by atoms with Gasteiger partial charge in [0, 0.05) is 45.9 Å². The lowest BCUT2D eigenvalue weighted by molar-refractivity contribution is 1.01. The van der Waals surface area contributed by atoms with E-state index >= 15 is 0 Å². The molecule has 0 aliphatic carbocycles. The highest BCUT2D eigenvalue weighted by molar-refractivity contribution is 6.11. The highest BCUT2D eigenvalue weighted by Crippen LogP contribution is 2.36. The number of allylic oxidation sites excluding steroid dienone is 1. The monoisotopic (exact) mass is 705 g/mol. The fraction of sp³-hybridized carbons (Fsp3) is 0.0400. The molecule has 2 aromatic heterocycles. The summed E-state index contributed by atoms with van der Waals surface area (Å²) in [6.07, 6.45) is 5.16. The van der Waals surface area contributed by atoms with Gasteiger partial charge in [-0.05, 0) is 70.1 Å². The third-order valence-electron chi connectivity index (χ3n) is 10.4. The summed E-state index contributed by atoms with van der Waals surface area (Å²) in [6, 6.07) is 61.7. The first-order chi connectivity index (χ1) is 27.3. The third-order valence-corrected chi connectivity index (χ3v) is 10.4. The van der Waals surface area contributed by atoms with Gasteiger partial charge in [0.25, 0.3) is 0 Å². The Morgan fingerprint density at radius 2 is 0.964 bits per heavy atom. The topological polar surface area (TPSA) is 56.0 Å². The number of fused-ring (bicyclic) bond motifs is 3. The largest absolute Gasteiger partial charge is 0.309 e. The molecule has 1 aliphatic rings. The molecule has 0 amide bonds. The van der Waals surface area contributed by atoms with Crippen molar-refractivity contribution in [3.8, 4) is 62.1 Å². The molecule has 10 rings (SSSR count). The number of dihydropyridines is 1. The van der Waals surface area contributed by atoms with Gasteiger partial charge in [-0.15, -0.1) is 0 Å². The standard InChI is InChI=1S/C50H35N5/c1-3-12-36(13-4-1)42-17-7-8-19-44(42)50-53-48(52-49(54-50)38-27-23-35(24-28-38)40-14-11-31-51-33-40)37-25-21-34(22-26-37)39-29-30-47-45(32-39)43-18-9-10-20-46(43)55(47)41-15-5-2-6-16-41/h1-10,12-30,32-33H,11,31H2. The zero-order chi connectivity index (χ0) is 36.6. The Bertz CT molecular complexity index is 2890. The van der Waals surface area contributed by atoms with E-state index in [4.69, 9.17) is 15.0 Å². The molecule has 0 spiro atoms. The highest BCUT2D eigenvalue weighted by atomic mass is 15.0. The Labute approximate surface area is 319 Å². The van der Waals surface area contributed by atoms with Crippen molar-refractivity contribution in [3.05, 3.63) is 188 Å². The van der Waals surface area contributed by atoms with Gasteiger partial charge >= 0.3 is 0 Å². The second-order valence-corrected chi connectivity index (χ2v) is 13.8. The van der Waals surface area contributed by atoms with E-state index in [9.17, 15) is 0 Å². The van der Waals surface area contributed by atoms with Crippen molar-refractivity contribution in [3.63, 3.8) is 0 Å². The van der Waals surface area contributed by atoms with Crippen molar-refractivity contribution in [1.29, 1.82) is 0 Å². The zero-order valence-electron chi connectivity index (χ0n) is 30.0. The lowest BCUT2D eigenvalue weighted by Gasteiger charge is -2.13. The second-order valence-electron chi connectivity index (χ2n) is 13.8. The van der Waals surface area contributed by atoms with Crippen LogP contribution < -0.4 is 0 Å². The summed E-state index contributed by atoms with van der Waals surface area (Å²) in [7, 11) is 0. The summed E-state index contributed by atoms with van der Waals surface area (Å²) >= 11 is 0. The average molecular weight is 706 g/mol. The van der Waals surface area contributed by atoms with Crippen LogP contribution in [0.2, 0.25) is 0 Å².